The van der Waals surface area contributed by atoms with Gasteiger partial charge in [-0.2, -0.15) is 0 Å². The van der Waals surface area contributed by atoms with Crippen molar-refractivity contribution < 1.29 is 9.47 Å². The van der Waals surface area contributed by atoms with Gasteiger partial charge in [0.15, 0.2) is 0 Å². The second-order valence-corrected chi connectivity index (χ2v) is 6.40. The van der Waals surface area contributed by atoms with Gasteiger partial charge in [0.05, 0.1) is 19.8 Å². The monoisotopic (exact) mass is 343 g/mol. The van der Waals surface area contributed by atoms with Gasteiger partial charge in [-0.25, -0.2) is 0 Å². The van der Waals surface area contributed by atoms with E-state index in [4.69, 9.17) is 15.2 Å². The van der Waals surface area contributed by atoms with E-state index in [9.17, 15) is 0 Å². The maximum absolute atomic E-state index is 5.57. The standard InChI is InChI=1S/C13H20O.C9H13NO/c1-12(2)7-6-10-14-11-13-8-4-3-5-9-13;10-6-7-11-8-9-4-2-1-3-5-9/h3-5,8-9,12H,6-7,10-11H2,1-2H3;1-5H,6-8,10H2. The van der Waals surface area contributed by atoms with Crippen LogP contribution in [0.5, 0.6) is 0 Å². The van der Waals surface area contributed by atoms with Gasteiger partial charge in [-0.3, -0.25) is 0 Å². The first-order valence-corrected chi connectivity index (χ1v) is 9.15. The fourth-order valence-electron chi connectivity index (χ4n) is 2.21. The summed E-state index contributed by atoms with van der Waals surface area (Å²) in [7, 11) is 0. The summed E-state index contributed by atoms with van der Waals surface area (Å²) in [4.78, 5) is 0. The Morgan fingerprint density at radius 1 is 0.760 bits per heavy atom. The van der Waals surface area contributed by atoms with E-state index < -0.39 is 0 Å². The molecule has 0 radical (unpaired) electrons. The second-order valence-electron chi connectivity index (χ2n) is 6.40. The van der Waals surface area contributed by atoms with Crippen LogP contribution in [0.2, 0.25) is 0 Å². The van der Waals surface area contributed by atoms with Crippen molar-refractivity contribution in [1.29, 1.82) is 0 Å². The van der Waals surface area contributed by atoms with Crippen molar-refractivity contribution >= 4 is 0 Å². The molecule has 0 spiro atoms. The zero-order chi connectivity index (χ0) is 18.2. The highest BCUT2D eigenvalue weighted by molar-refractivity contribution is 5.14. The molecule has 2 aromatic carbocycles. The molecule has 0 unspecified atom stereocenters. The zero-order valence-electron chi connectivity index (χ0n) is 15.7. The van der Waals surface area contributed by atoms with Crippen LogP contribution in [0.3, 0.4) is 0 Å². The molecule has 0 fully saturated rings. The van der Waals surface area contributed by atoms with Crippen LogP contribution in [0.25, 0.3) is 0 Å². The number of rotatable bonds is 10. The Balaban J connectivity index is 0.000000257. The maximum Gasteiger partial charge on any atom is 0.0717 e. The summed E-state index contributed by atoms with van der Waals surface area (Å²) in [5, 5.41) is 0. The number of hydrogen-bond donors (Lipinski definition) is 1. The van der Waals surface area contributed by atoms with Crippen molar-refractivity contribution in [3.63, 3.8) is 0 Å². The Kier molecular flexibility index (Phi) is 12.5. The van der Waals surface area contributed by atoms with E-state index in [0.717, 1.165) is 19.1 Å². The van der Waals surface area contributed by atoms with Gasteiger partial charge in [-0.1, -0.05) is 74.5 Å². The van der Waals surface area contributed by atoms with E-state index in [1.807, 2.05) is 48.5 Å². The lowest BCUT2D eigenvalue weighted by molar-refractivity contribution is 0.115. The fourth-order valence-corrected chi connectivity index (χ4v) is 2.21. The minimum absolute atomic E-state index is 0.590. The summed E-state index contributed by atoms with van der Waals surface area (Å²) in [5.74, 6) is 0.787. The molecule has 3 heteroatoms. The average Bonchev–Trinajstić information content (AvgIpc) is 2.64. The van der Waals surface area contributed by atoms with Crippen LogP contribution in [0.1, 0.15) is 37.8 Å². The summed E-state index contributed by atoms with van der Waals surface area (Å²) < 4.78 is 10.8. The first-order chi connectivity index (χ1) is 12.2. The highest BCUT2D eigenvalue weighted by Gasteiger charge is 1.95. The first kappa shape index (κ1) is 21.4. The molecule has 0 aliphatic heterocycles. The third-order valence-electron chi connectivity index (χ3n) is 3.56. The molecular weight excluding hydrogens is 310 g/mol. The molecule has 0 heterocycles. The maximum atomic E-state index is 5.57. The van der Waals surface area contributed by atoms with Crippen LogP contribution in [-0.2, 0) is 22.7 Å². The molecule has 0 aliphatic carbocycles. The molecule has 2 N–H and O–H groups in total. The third kappa shape index (κ3) is 12.3. The van der Waals surface area contributed by atoms with Gasteiger partial charge in [0.25, 0.3) is 0 Å². The van der Waals surface area contributed by atoms with Crippen molar-refractivity contribution in [3.8, 4) is 0 Å². The van der Waals surface area contributed by atoms with Crippen molar-refractivity contribution in [2.24, 2.45) is 11.7 Å². The highest BCUT2D eigenvalue weighted by atomic mass is 16.5. The van der Waals surface area contributed by atoms with Gasteiger partial charge in [-0.15, -0.1) is 0 Å². The lowest BCUT2D eigenvalue weighted by Gasteiger charge is -2.05. The third-order valence-corrected chi connectivity index (χ3v) is 3.56. The van der Waals surface area contributed by atoms with Crippen molar-refractivity contribution in [2.45, 2.75) is 39.9 Å². The molecule has 138 valence electrons. The number of hydrogen-bond acceptors (Lipinski definition) is 3. The van der Waals surface area contributed by atoms with Crippen molar-refractivity contribution in [2.75, 3.05) is 19.8 Å². The van der Waals surface area contributed by atoms with E-state index in [2.05, 4.69) is 26.0 Å². The number of ether oxygens (including phenoxy) is 2. The zero-order valence-corrected chi connectivity index (χ0v) is 15.7. The highest BCUT2D eigenvalue weighted by Crippen LogP contribution is 2.05. The van der Waals surface area contributed by atoms with E-state index in [0.29, 0.717) is 19.8 Å². The minimum Gasteiger partial charge on any atom is -0.377 e. The van der Waals surface area contributed by atoms with Gasteiger partial charge in [0, 0.05) is 13.2 Å². The molecule has 25 heavy (non-hydrogen) atoms. The van der Waals surface area contributed by atoms with Crippen LogP contribution in [-0.4, -0.2) is 19.8 Å². The topological polar surface area (TPSA) is 44.5 Å². The summed E-state index contributed by atoms with van der Waals surface area (Å²) >= 11 is 0. The van der Waals surface area contributed by atoms with Gasteiger partial charge in [0.1, 0.15) is 0 Å². The Hall–Kier alpha value is -1.68. The Morgan fingerprint density at radius 3 is 1.68 bits per heavy atom. The molecule has 0 aromatic heterocycles. The van der Waals surface area contributed by atoms with E-state index >= 15 is 0 Å². The number of nitrogens with two attached hydrogens (primary N) is 1. The van der Waals surface area contributed by atoms with Crippen molar-refractivity contribution in [3.05, 3.63) is 71.8 Å². The largest absolute Gasteiger partial charge is 0.377 e. The lowest BCUT2D eigenvalue weighted by atomic mass is 10.1. The van der Waals surface area contributed by atoms with E-state index in [1.165, 1.54) is 24.0 Å². The fraction of sp³-hybridized carbons (Fsp3) is 0.455. The van der Waals surface area contributed by atoms with Crippen LogP contribution in [0.4, 0.5) is 0 Å². The van der Waals surface area contributed by atoms with Crippen molar-refractivity contribution in [1.82, 2.24) is 0 Å². The quantitative estimate of drug-likeness (QED) is 0.630. The molecule has 2 aromatic rings. The van der Waals surface area contributed by atoms with Gasteiger partial charge < -0.3 is 15.2 Å². The Labute approximate surface area is 153 Å². The van der Waals surface area contributed by atoms with Gasteiger partial charge in [-0.05, 0) is 29.9 Å². The molecule has 0 amide bonds. The average molecular weight is 344 g/mol. The summed E-state index contributed by atoms with van der Waals surface area (Å²) in [6, 6.07) is 20.4. The molecule has 0 aliphatic rings. The van der Waals surface area contributed by atoms with Gasteiger partial charge in [0.2, 0.25) is 0 Å². The lowest BCUT2D eigenvalue weighted by Crippen LogP contribution is -2.07. The molecule has 2 rings (SSSR count). The normalized spacial score (nSPS) is 10.4. The summed E-state index contributed by atoms with van der Waals surface area (Å²) in [6.07, 6.45) is 2.43. The number of benzene rings is 2. The predicted octanol–water partition coefficient (Wildman–Crippen LogP) is 4.80. The Morgan fingerprint density at radius 2 is 1.24 bits per heavy atom. The molecule has 3 nitrogen and oxygen atoms in total. The second kappa shape index (κ2) is 14.6. The van der Waals surface area contributed by atoms with Gasteiger partial charge >= 0.3 is 0 Å². The van der Waals surface area contributed by atoms with Crippen LogP contribution < -0.4 is 5.73 Å². The van der Waals surface area contributed by atoms with E-state index in [1.54, 1.807) is 0 Å². The molecule has 0 saturated carbocycles. The van der Waals surface area contributed by atoms with E-state index in [-0.39, 0.29) is 0 Å². The summed E-state index contributed by atoms with van der Waals surface area (Å²) in [5.41, 5.74) is 7.72. The molecule has 0 saturated heterocycles. The molecule has 0 bridgehead atoms. The van der Waals surface area contributed by atoms with Crippen LogP contribution in [0, 0.1) is 5.92 Å². The first-order valence-electron chi connectivity index (χ1n) is 9.15. The molecule has 0 atom stereocenters. The van der Waals surface area contributed by atoms with Crippen LogP contribution in [0.15, 0.2) is 60.7 Å². The predicted molar refractivity (Wildman–Crippen MR) is 105 cm³/mol. The Bertz CT molecular complexity index is 514. The van der Waals surface area contributed by atoms with Crippen LogP contribution >= 0.6 is 0 Å². The summed E-state index contributed by atoms with van der Waals surface area (Å²) in [6.45, 7) is 8.01. The molecular formula is C22H33NO2. The smallest absolute Gasteiger partial charge is 0.0717 e. The minimum atomic E-state index is 0.590. The SMILES string of the molecule is CC(C)CCCOCc1ccccc1.NCCOCc1ccccc1.